The number of nitrogens with one attached hydrogen (secondary N) is 1. The molecule has 0 aliphatic carbocycles. The van der Waals surface area contributed by atoms with Crippen LogP contribution in [0.1, 0.15) is 17.4 Å². The average Bonchev–Trinajstić information content (AvgIpc) is 2.27. The molecular formula is C9H14N4O2. The first-order valence-electron chi connectivity index (χ1n) is 4.58. The molecule has 0 saturated carbocycles. The van der Waals surface area contributed by atoms with Crippen LogP contribution in [-0.2, 0) is 0 Å². The zero-order valence-electron chi connectivity index (χ0n) is 8.73. The van der Waals surface area contributed by atoms with Crippen molar-refractivity contribution in [2.45, 2.75) is 13.0 Å². The maximum Gasteiger partial charge on any atom is 0.273 e. The lowest BCUT2D eigenvalue weighted by atomic mass is 10.3. The van der Waals surface area contributed by atoms with Crippen LogP contribution >= 0.6 is 0 Å². The minimum absolute atomic E-state index is 0.0637. The number of aromatic amines is 1. The molecular weight excluding hydrogens is 196 g/mol. The number of amides is 1. The SMILES string of the molecule is CC(CN)N(C)C(=O)c1c[nH]c(=O)cn1. The number of rotatable bonds is 3. The molecule has 6 heteroatoms. The lowest BCUT2D eigenvalue weighted by Gasteiger charge is -2.22. The van der Waals surface area contributed by atoms with Gasteiger partial charge in [-0.3, -0.25) is 9.59 Å². The fourth-order valence-electron chi connectivity index (χ4n) is 0.998. The molecule has 1 amide bonds. The van der Waals surface area contributed by atoms with E-state index in [9.17, 15) is 9.59 Å². The first-order valence-corrected chi connectivity index (χ1v) is 4.58. The van der Waals surface area contributed by atoms with Crippen molar-refractivity contribution in [3.05, 3.63) is 28.4 Å². The zero-order valence-corrected chi connectivity index (χ0v) is 8.73. The summed E-state index contributed by atoms with van der Waals surface area (Å²) in [5.41, 5.74) is 5.31. The quantitative estimate of drug-likeness (QED) is 0.682. The van der Waals surface area contributed by atoms with E-state index < -0.39 is 0 Å². The summed E-state index contributed by atoms with van der Waals surface area (Å²) >= 11 is 0. The molecule has 1 rings (SSSR count). The van der Waals surface area contributed by atoms with Crippen molar-refractivity contribution >= 4 is 5.91 Å². The summed E-state index contributed by atoms with van der Waals surface area (Å²) in [6.07, 6.45) is 2.37. The van der Waals surface area contributed by atoms with Crippen molar-refractivity contribution in [1.82, 2.24) is 14.9 Å². The van der Waals surface area contributed by atoms with Crippen LogP contribution in [0.4, 0.5) is 0 Å². The molecule has 0 aromatic carbocycles. The van der Waals surface area contributed by atoms with Crippen LogP contribution in [0.25, 0.3) is 0 Å². The van der Waals surface area contributed by atoms with Crippen LogP contribution in [0.5, 0.6) is 0 Å². The van der Waals surface area contributed by atoms with Gasteiger partial charge in [0.05, 0.1) is 6.20 Å². The van der Waals surface area contributed by atoms with Crippen molar-refractivity contribution in [3.63, 3.8) is 0 Å². The molecule has 0 fully saturated rings. The Morgan fingerprint density at radius 1 is 1.73 bits per heavy atom. The highest BCUT2D eigenvalue weighted by molar-refractivity contribution is 5.91. The normalized spacial score (nSPS) is 12.2. The third-order valence-electron chi connectivity index (χ3n) is 2.21. The van der Waals surface area contributed by atoms with Gasteiger partial charge >= 0.3 is 0 Å². The Morgan fingerprint density at radius 2 is 2.40 bits per heavy atom. The van der Waals surface area contributed by atoms with E-state index in [-0.39, 0.29) is 23.2 Å². The van der Waals surface area contributed by atoms with E-state index in [4.69, 9.17) is 5.73 Å². The van der Waals surface area contributed by atoms with Gasteiger partial charge in [-0.2, -0.15) is 0 Å². The van der Waals surface area contributed by atoms with Crippen LogP contribution in [0.2, 0.25) is 0 Å². The number of H-pyrrole nitrogens is 1. The van der Waals surface area contributed by atoms with Crippen molar-refractivity contribution in [3.8, 4) is 0 Å². The predicted molar refractivity (Wildman–Crippen MR) is 55.5 cm³/mol. The zero-order chi connectivity index (χ0) is 11.4. The second kappa shape index (κ2) is 4.70. The van der Waals surface area contributed by atoms with Crippen molar-refractivity contribution in [1.29, 1.82) is 0 Å². The average molecular weight is 210 g/mol. The molecule has 82 valence electrons. The topological polar surface area (TPSA) is 92.1 Å². The molecule has 1 heterocycles. The summed E-state index contributed by atoms with van der Waals surface area (Å²) in [5.74, 6) is -0.260. The number of likely N-dealkylation sites (N-methyl/N-ethyl adjacent to an activating group) is 1. The van der Waals surface area contributed by atoms with Gasteiger partial charge in [0.1, 0.15) is 5.69 Å². The highest BCUT2D eigenvalue weighted by Gasteiger charge is 2.17. The summed E-state index contributed by atoms with van der Waals surface area (Å²) in [7, 11) is 1.65. The Bertz CT molecular complexity index is 381. The Balaban J connectivity index is 2.85. The number of hydrogen-bond acceptors (Lipinski definition) is 4. The van der Waals surface area contributed by atoms with Gasteiger partial charge in [-0.25, -0.2) is 4.98 Å². The molecule has 0 bridgehead atoms. The maximum absolute atomic E-state index is 11.7. The van der Waals surface area contributed by atoms with Gasteiger partial charge in [0, 0.05) is 25.8 Å². The number of nitrogens with two attached hydrogens (primary N) is 1. The van der Waals surface area contributed by atoms with E-state index in [2.05, 4.69) is 9.97 Å². The molecule has 0 aliphatic rings. The van der Waals surface area contributed by atoms with Crippen LogP contribution in [0.15, 0.2) is 17.2 Å². The van der Waals surface area contributed by atoms with Crippen molar-refractivity contribution in [2.75, 3.05) is 13.6 Å². The second-order valence-electron chi connectivity index (χ2n) is 3.30. The van der Waals surface area contributed by atoms with Crippen molar-refractivity contribution in [2.24, 2.45) is 5.73 Å². The van der Waals surface area contributed by atoms with E-state index in [1.165, 1.54) is 11.1 Å². The van der Waals surface area contributed by atoms with Gasteiger partial charge in [0.2, 0.25) is 0 Å². The third-order valence-corrected chi connectivity index (χ3v) is 2.21. The van der Waals surface area contributed by atoms with Crippen LogP contribution < -0.4 is 11.3 Å². The second-order valence-corrected chi connectivity index (χ2v) is 3.30. The minimum atomic E-state index is -0.332. The Hall–Kier alpha value is -1.69. The van der Waals surface area contributed by atoms with E-state index in [0.29, 0.717) is 6.54 Å². The van der Waals surface area contributed by atoms with Gasteiger partial charge < -0.3 is 15.6 Å². The lowest BCUT2D eigenvalue weighted by molar-refractivity contribution is 0.0742. The first kappa shape index (κ1) is 11.4. The highest BCUT2D eigenvalue weighted by Crippen LogP contribution is 2.00. The number of hydrogen-bond donors (Lipinski definition) is 2. The number of nitrogens with zero attached hydrogens (tertiary/aromatic N) is 2. The summed E-state index contributed by atoms with van der Waals surface area (Å²) in [6.45, 7) is 2.22. The lowest BCUT2D eigenvalue weighted by Crippen LogP contribution is -2.40. The van der Waals surface area contributed by atoms with Crippen molar-refractivity contribution < 1.29 is 4.79 Å². The molecule has 0 aliphatic heterocycles. The fraction of sp³-hybridized carbons (Fsp3) is 0.444. The first-order chi connectivity index (χ1) is 7.06. The molecule has 0 radical (unpaired) electrons. The molecule has 6 nitrogen and oxygen atoms in total. The molecule has 1 unspecified atom stereocenters. The van der Waals surface area contributed by atoms with E-state index in [1.807, 2.05) is 6.92 Å². The van der Waals surface area contributed by atoms with Gasteiger partial charge in [0.15, 0.2) is 0 Å². The summed E-state index contributed by atoms with van der Waals surface area (Å²) in [6, 6.07) is -0.0637. The largest absolute Gasteiger partial charge is 0.336 e. The third kappa shape index (κ3) is 2.63. The monoisotopic (exact) mass is 210 g/mol. The molecule has 15 heavy (non-hydrogen) atoms. The van der Waals surface area contributed by atoms with Crippen LogP contribution in [0, 0.1) is 0 Å². The Kier molecular flexibility index (Phi) is 3.56. The minimum Gasteiger partial charge on any atom is -0.336 e. The van der Waals surface area contributed by atoms with Gasteiger partial charge in [-0.05, 0) is 6.92 Å². The van der Waals surface area contributed by atoms with E-state index in [1.54, 1.807) is 7.05 Å². The van der Waals surface area contributed by atoms with E-state index in [0.717, 1.165) is 6.20 Å². The molecule has 1 atom stereocenters. The number of aromatic nitrogens is 2. The molecule has 0 spiro atoms. The Labute approximate surface area is 87.1 Å². The van der Waals surface area contributed by atoms with E-state index >= 15 is 0 Å². The summed E-state index contributed by atoms with van der Waals surface area (Å²) < 4.78 is 0. The van der Waals surface area contributed by atoms with Gasteiger partial charge in [0.25, 0.3) is 11.5 Å². The van der Waals surface area contributed by atoms with Crippen LogP contribution in [0.3, 0.4) is 0 Å². The smallest absolute Gasteiger partial charge is 0.273 e. The molecule has 0 saturated heterocycles. The fourth-order valence-corrected chi connectivity index (χ4v) is 0.998. The standard InChI is InChI=1S/C9H14N4O2/c1-6(3-10)13(2)9(15)7-4-12-8(14)5-11-7/h4-6H,3,10H2,1-2H3,(H,12,14). The van der Waals surface area contributed by atoms with Gasteiger partial charge in [-0.15, -0.1) is 0 Å². The number of carbonyl (C=O) groups is 1. The predicted octanol–water partition coefficient (Wildman–Crippen LogP) is -0.811. The molecule has 1 aromatic heterocycles. The van der Waals surface area contributed by atoms with Crippen LogP contribution in [-0.4, -0.2) is 40.4 Å². The highest BCUT2D eigenvalue weighted by atomic mass is 16.2. The number of carbonyl (C=O) groups excluding carboxylic acids is 1. The molecule has 3 N–H and O–H groups in total. The summed E-state index contributed by atoms with van der Waals surface area (Å²) in [4.78, 5) is 30.1. The van der Waals surface area contributed by atoms with Gasteiger partial charge in [-0.1, -0.05) is 0 Å². The molecule has 1 aromatic rings. The summed E-state index contributed by atoms with van der Waals surface area (Å²) in [5, 5.41) is 0. The maximum atomic E-state index is 11.7. The Morgan fingerprint density at radius 3 is 2.87 bits per heavy atom.